The molecule has 3 nitrogen and oxygen atoms in total. The van der Waals surface area contributed by atoms with Crippen LogP contribution in [0, 0.1) is 0 Å². The molecule has 0 saturated carbocycles. The number of anilines is 3. The number of aromatic nitrogens is 2. The third-order valence-corrected chi connectivity index (χ3v) is 10.1. The maximum atomic E-state index is 4.81. The molecule has 0 atom stereocenters. The highest BCUT2D eigenvalue weighted by Crippen LogP contribution is 2.51. The van der Waals surface area contributed by atoms with Crippen molar-refractivity contribution in [2.45, 2.75) is 32.1 Å². The molecule has 2 heterocycles. The van der Waals surface area contributed by atoms with Crippen molar-refractivity contribution in [1.29, 1.82) is 0 Å². The van der Waals surface area contributed by atoms with Crippen LogP contribution in [0.4, 0.5) is 17.2 Å². The number of pyridine rings is 1. The number of nitrogens with zero attached hydrogens (tertiary/aromatic N) is 3. The zero-order valence-electron chi connectivity index (χ0n) is 26.7. The molecule has 2 aliphatic rings. The van der Waals surface area contributed by atoms with Gasteiger partial charge in [-0.05, 0) is 113 Å². The van der Waals surface area contributed by atoms with Crippen LogP contribution in [0.15, 0.2) is 157 Å². The highest BCUT2D eigenvalue weighted by atomic mass is 15.2. The molecule has 0 radical (unpaired) electrons. The van der Waals surface area contributed by atoms with E-state index < -0.39 is 0 Å². The van der Waals surface area contributed by atoms with Crippen LogP contribution in [-0.2, 0) is 5.41 Å². The molecule has 3 heteroatoms. The second-order valence-corrected chi connectivity index (χ2v) is 13.2. The first-order valence-electron chi connectivity index (χ1n) is 16.5. The topological polar surface area (TPSA) is 21.1 Å². The molecule has 0 fully saturated rings. The van der Waals surface area contributed by atoms with Crippen LogP contribution in [0.25, 0.3) is 44.2 Å². The van der Waals surface area contributed by atoms with E-state index in [0.717, 1.165) is 30.0 Å². The quantitative estimate of drug-likeness (QED) is 0.195. The Hall–Kier alpha value is -5.67. The van der Waals surface area contributed by atoms with E-state index in [1.807, 2.05) is 12.3 Å². The van der Waals surface area contributed by atoms with Crippen molar-refractivity contribution in [2.75, 3.05) is 4.90 Å². The predicted octanol–water partition coefficient (Wildman–Crippen LogP) is 11.7. The molecule has 2 aliphatic carbocycles. The molecule has 0 amide bonds. The van der Waals surface area contributed by atoms with Gasteiger partial charge in [-0.25, -0.2) is 4.98 Å². The summed E-state index contributed by atoms with van der Waals surface area (Å²) in [6.07, 6.45) is 8.79. The molecule has 0 N–H and O–H groups in total. The van der Waals surface area contributed by atoms with Crippen molar-refractivity contribution in [2.24, 2.45) is 0 Å². The maximum Gasteiger partial charge on any atom is 0.137 e. The fourth-order valence-electron chi connectivity index (χ4n) is 7.84. The zero-order valence-corrected chi connectivity index (χ0v) is 26.7. The van der Waals surface area contributed by atoms with Gasteiger partial charge in [-0.3, -0.25) is 4.90 Å². The molecule has 0 aliphatic heterocycles. The molecule has 0 unspecified atom stereocenters. The zero-order chi connectivity index (χ0) is 31.5. The predicted molar refractivity (Wildman–Crippen MR) is 197 cm³/mol. The second-order valence-electron chi connectivity index (χ2n) is 13.2. The van der Waals surface area contributed by atoms with Crippen molar-refractivity contribution < 1.29 is 0 Å². The highest BCUT2D eigenvalue weighted by molar-refractivity contribution is 6.10. The van der Waals surface area contributed by atoms with Gasteiger partial charge in [-0.2, -0.15) is 0 Å². The molecule has 9 rings (SSSR count). The Bertz CT molecular complexity index is 2360. The van der Waals surface area contributed by atoms with Crippen LogP contribution >= 0.6 is 0 Å². The summed E-state index contributed by atoms with van der Waals surface area (Å²) >= 11 is 0. The number of hydrogen-bond donors (Lipinski definition) is 0. The smallest absolute Gasteiger partial charge is 0.137 e. The Morgan fingerprint density at radius 2 is 1.40 bits per heavy atom. The number of para-hydroxylation sites is 2. The van der Waals surface area contributed by atoms with Crippen molar-refractivity contribution in [3.8, 4) is 16.8 Å². The van der Waals surface area contributed by atoms with Crippen molar-refractivity contribution in [1.82, 2.24) is 9.55 Å². The molecule has 47 heavy (non-hydrogen) atoms. The first-order chi connectivity index (χ1) is 23.1. The summed E-state index contributed by atoms with van der Waals surface area (Å²) < 4.78 is 2.36. The molecule has 0 spiro atoms. The Kier molecular flexibility index (Phi) is 6.29. The van der Waals surface area contributed by atoms with E-state index in [1.165, 1.54) is 60.9 Å². The van der Waals surface area contributed by atoms with Gasteiger partial charge in [0.2, 0.25) is 0 Å². The minimum atomic E-state index is -0.0283. The molecular formula is C44H35N3. The van der Waals surface area contributed by atoms with Crippen molar-refractivity contribution in [3.05, 3.63) is 169 Å². The third kappa shape index (κ3) is 4.38. The lowest BCUT2D eigenvalue weighted by Crippen LogP contribution is -2.18. The molecule has 0 bridgehead atoms. The lowest BCUT2D eigenvalue weighted by atomic mass is 9.80. The van der Waals surface area contributed by atoms with Crippen LogP contribution in [0.1, 0.15) is 37.8 Å². The van der Waals surface area contributed by atoms with E-state index in [2.05, 4.69) is 163 Å². The largest absolute Gasteiger partial charge is 0.309 e. The first kappa shape index (κ1) is 27.6. The van der Waals surface area contributed by atoms with Gasteiger partial charge in [-0.1, -0.05) is 92.7 Å². The Morgan fingerprint density at radius 3 is 2.23 bits per heavy atom. The fraction of sp³-hybridized carbons (Fsp3) is 0.114. The Labute approximate surface area is 275 Å². The molecule has 7 aromatic rings. The van der Waals surface area contributed by atoms with Gasteiger partial charge in [0.15, 0.2) is 0 Å². The van der Waals surface area contributed by atoms with Gasteiger partial charge >= 0.3 is 0 Å². The molecule has 0 saturated heterocycles. The Balaban J connectivity index is 1.12. The first-order valence-corrected chi connectivity index (χ1v) is 16.5. The molecule has 226 valence electrons. The van der Waals surface area contributed by atoms with E-state index in [9.17, 15) is 0 Å². The van der Waals surface area contributed by atoms with Crippen LogP contribution in [0.5, 0.6) is 0 Å². The van der Waals surface area contributed by atoms with E-state index >= 15 is 0 Å². The van der Waals surface area contributed by atoms with Gasteiger partial charge in [0.25, 0.3) is 0 Å². The minimum absolute atomic E-state index is 0.0283. The summed E-state index contributed by atoms with van der Waals surface area (Å²) in [7, 11) is 0. The second kappa shape index (κ2) is 10.7. The lowest BCUT2D eigenvalue weighted by Gasteiger charge is -2.28. The molecular weight excluding hydrogens is 571 g/mol. The summed E-state index contributed by atoms with van der Waals surface area (Å²) in [4.78, 5) is 7.09. The summed E-state index contributed by atoms with van der Waals surface area (Å²) in [5.41, 5.74) is 14.0. The van der Waals surface area contributed by atoms with Gasteiger partial charge in [-0.15, -0.1) is 0 Å². The number of rotatable bonds is 5. The average Bonchev–Trinajstić information content (AvgIpc) is 3.58. The number of fused-ring (bicyclic) bond motifs is 5. The highest BCUT2D eigenvalue weighted by Gasteiger charge is 2.37. The summed E-state index contributed by atoms with van der Waals surface area (Å²) in [5.74, 6) is 0.906. The summed E-state index contributed by atoms with van der Waals surface area (Å²) in [6.45, 7) is 4.73. The van der Waals surface area contributed by atoms with Gasteiger partial charge in [0.1, 0.15) is 5.82 Å². The standard InChI is InChI=1S/C44H35N3/c1-44(2)39-16-8-6-14-35(39)36-25-24-34(29-40(36)44)46(43-18-10-11-27-45-43)33-22-19-30(20-23-33)31-21-26-42-38(28-31)37-15-7-9-17-41(37)47(42)32-12-4-3-5-13-32/h3-5,7-13,15-29H,6,14H2,1-2H3. The molecule has 5 aromatic carbocycles. The maximum absolute atomic E-state index is 4.81. The number of benzene rings is 5. The van der Waals surface area contributed by atoms with Gasteiger partial charge in [0.05, 0.1) is 11.0 Å². The molecule has 2 aromatic heterocycles. The van der Waals surface area contributed by atoms with E-state index in [4.69, 9.17) is 4.98 Å². The van der Waals surface area contributed by atoms with E-state index in [1.54, 1.807) is 0 Å². The van der Waals surface area contributed by atoms with Crippen molar-refractivity contribution >= 4 is 44.6 Å². The van der Waals surface area contributed by atoms with Gasteiger partial charge in [0, 0.05) is 39.4 Å². The van der Waals surface area contributed by atoms with E-state index in [0.29, 0.717) is 0 Å². The minimum Gasteiger partial charge on any atom is -0.309 e. The number of hydrogen-bond acceptors (Lipinski definition) is 2. The third-order valence-electron chi connectivity index (χ3n) is 10.1. The van der Waals surface area contributed by atoms with Crippen LogP contribution in [0.3, 0.4) is 0 Å². The monoisotopic (exact) mass is 605 g/mol. The average molecular weight is 606 g/mol. The Morgan fingerprint density at radius 1 is 0.660 bits per heavy atom. The number of allylic oxidation sites excluding steroid dienone is 4. The van der Waals surface area contributed by atoms with E-state index in [-0.39, 0.29) is 5.41 Å². The van der Waals surface area contributed by atoms with Gasteiger partial charge < -0.3 is 4.57 Å². The van der Waals surface area contributed by atoms with Crippen LogP contribution in [0.2, 0.25) is 0 Å². The van der Waals surface area contributed by atoms with Crippen LogP contribution in [-0.4, -0.2) is 9.55 Å². The normalized spacial score (nSPS) is 14.9. The summed E-state index contributed by atoms with van der Waals surface area (Å²) in [5, 5.41) is 2.52. The van der Waals surface area contributed by atoms with Crippen LogP contribution < -0.4 is 4.90 Å². The summed E-state index contributed by atoms with van der Waals surface area (Å²) in [6, 6.07) is 48.2. The lowest BCUT2D eigenvalue weighted by molar-refractivity contribution is 0.651. The fourth-order valence-corrected chi connectivity index (χ4v) is 7.84. The van der Waals surface area contributed by atoms with Crippen molar-refractivity contribution in [3.63, 3.8) is 0 Å². The SMILES string of the molecule is CC1(C)C2=C(CCC=C2)c2ccc(N(c3ccc(-c4ccc5c(c4)c4ccccc4n5-c4ccccc4)cc3)c3ccccn3)cc21.